The fourth-order valence-corrected chi connectivity index (χ4v) is 9.42. The Morgan fingerprint density at radius 2 is 1.68 bits per heavy atom. The van der Waals surface area contributed by atoms with Crippen molar-refractivity contribution in [3.8, 4) is 22.6 Å². The van der Waals surface area contributed by atoms with Crippen molar-refractivity contribution >= 4 is 40.1 Å². The van der Waals surface area contributed by atoms with Gasteiger partial charge in [0, 0.05) is 36.7 Å². The van der Waals surface area contributed by atoms with Crippen LogP contribution < -0.4 is 11.1 Å². The van der Waals surface area contributed by atoms with Crippen LogP contribution in [0.15, 0.2) is 78.9 Å². The number of hydrogen-bond acceptors (Lipinski definition) is 5. The maximum absolute atomic E-state index is 12.2. The zero-order valence-electron chi connectivity index (χ0n) is 28.7. The van der Waals surface area contributed by atoms with Gasteiger partial charge in [0.05, 0.1) is 39.1 Å². The fourth-order valence-electron chi connectivity index (χ4n) is 9.10. The molecule has 2 aliphatic carbocycles. The van der Waals surface area contributed by atoms with Gasteiger partial charge in [-0.1, -0.05) is 79.5 Å². The minimum Gasteiger partial charge on any atom is -0.390 e. The Morgan fingerprint density at radius 3 is 2.38 bits per heavy atom. The standard InChI is InChI=1S/C41H45Cl2N5O2/c1-25-14-28-15-26(2)20-41(19-25,21-28)24-48-38-13-11-31(36(18-39(44)50)45-22-27-6-12-33(42)34(43)16-27)17-37(38)47-40(48)30-9-7-29(8-10-30)35-5-3-4-32(23-49)46-35/h3-13,16-17,25-26,28,36,45,49H,14-15,18-24H2,1-2H3,(H2,44,50). The van der Waals surface area contributed by atoms with Crippen LogP contribution in [-0.4, -0.2) is 25.5 Å². The Bertz CT molecular complexity index is 1990. The van der Waals surface area contributed by atoms with Crippen molar-refractivity contribution in [2.24, 2.45) is 28.9 Å². The Kier molecular flexibility index (Phi) is 10.0. The number of amides is 1. The highest BCUT2D eigenvalue weighted by Gasteiger charge is 2.45. The quantitative estimate of drug-likeness (QED) is 0.127. The van der Waals surface area contributed by atoms with Gasteiger partial charge in [0.15, 0.2) is 0 Å². The zero-order chi connectivity index (χ0) is 35.0. The predicted octanol–water partition coefficient (Wildman–Crippen LogP) is 9.12. The van der Waals surface area contributed by atoms with Crippen LogP contribution in [0.2, 0.25) is 10.0 Å². The van der Waals surface area contributed by atoms with Crippen LogP contribution in [0.25, 0.3) is 33.7 Å². The number of hydrogen-bond donors (Lipinski definition) is 3. The molecule has 5 aromatic rings. The number of imidazole rings is 1. The molecule has 50 heavy (non-hydrogen) atoms. The van der Waals surface area contributed by atoms with E-state index in [1.807, 2.05) is 30.3 Å². The first-order valence-corrected chi connectivity index (χ1v) is 18.5. The number of carbonyl (C=O) groups excluding carboxylic acids is 1. The maximum Gasteiger partial charge on any atom is 0.219 e. The van der Waals surface area contributed by atoms with Crippen molar-refractivity contribution in [1.82, 2.24) is 19.9 Å². The van der Waals surface area contributed by atoms with Gasteiger partial charge in [-0.05, 0) is 103 Å². The molecule has 0 radical (unpaired) electrons. The Balaban J connectivity index is 1.27. The van der Waals surface area contributed by atoms with Crippen molar-refractivity contribution in [3.63, 3.8) is 0 Å². The van der Waals surface area contributed by atoms with E-state index < -0.39 is 0 Å². The van der Waals surface area contributed by atoms with E-state index in [-0.39, 0.29) is 30.4 Å². The molecule has 2 heterocycles. The summed E-state index contributed by atoms with van der Waals surface area (Å²) in [6, 6.07) is 25.8. The number of benzene rings is 3. The normalized spacial score (nSPS) is 22.5. The van der Waals surface area contributed by atoms with Crippen LogP contribution in [0.5, 0.6) is 0 Å². The minimum atomic E-state index is -0.381. The summed E-state index contributed by atoms with van der Waals surface area (Å²) in [7, 11) is 0. The van der Waals surface area contributed by atoms with Crippen LogP contribution in [0, 0.1) is 23.2 Å². The minimum absolute atomic E-state index is 0.0942. The second kappa shape index (κ2) is 14.5. The Morgan fingerprint density at radius 1 is 0.940 bits per heavy atom. The highest BCUT2D eigenvalue weighted by Crippen LogP contribution is 2.54. The van der Waals surface area contributed by atoms with Crippen LogP contribution in [0.1, 0.15) is 75.2 Å². The Hall–Kier alpha value is -3.75. The molecule has 2 bridgehead atoms. The van der Waals surface area contributed by atoms with E-state index in [0.717, 1.165) is 57.3 Å². The molecule has 2 saturated carbocycles. The molecule has 0 spiro atoms. The smallest absolute Gasteiger partial charge is 0.219 e. The van der Waals surface area contributed by atoms with Gasteiger partial charge in [-0.3, -0.25) is 9.78 Å². The monoisotopic (exact) mass is 709 g/mol. The average molecular weight is 711 g/mol. The lowest BCUT2D eigenvalue weighted by Gasteiger charge is -2.50. The molecule has 0 aliphatic heterocycles. The molecule has 3 atom stereocenters. The van der Waals surface area contributed by atoms with Crippen LogP contribution in [-0.2, 0) is 24.5 Å². The molecular formula is C41H45Cl2N5O2. The van der Waals surface area contributed by atoms with E-state index in [9.17, 15) is 9.90 Å². The largest absolute Gasteiger partial charge is 0.390 e. The van der Waals surface area contributed by atoms with Crippen molar-refractivity contribution in [1.29, 1.82) is 0 Å². The number of nitrogens with two attached hydrogens (primary N) is 1. The highest BCUT2D eigenvalue weighted by molar-refractivity contribution is 6.42. The van der Waals surface area contributed by atoms with Crippen molar-refractivity contribution in [2.45, 2.75) is 78.1 Å². The average Bonchev–Trinajstić information content (AvgIpc) is 3.44. The van der Waals surface area contributed by atoms with Gasteiger partial charge in [0.1, 0.15) is 5.82 Å². The number of pyridine rings is 1. The number of aliphatic hydroxyl groups is 1. The van der Waals surface area contributed by atoms with E-state index in [2.05, 4.69) is 71.2 Å². The lowest BCUT2D eigenvalue weighted by Crippen LogP contribution is -2.42. The molecule has 2 fully saturated rings. The third kappa shape index (κ3) is 7.47. The molecule has 1 amide bonds. The summed E-state index contributed by atoms with van der Waals surface area (Å²) in [5.41, 5.74) is 13.4. The van der Waals surface area contributed by atoms with E-state index in [0.29, 0.717) is 34.1 Å². The van der Waals surface area contributed by atoms with Crippen LogP contribution >= 0.6 is 23.2 Å². The summed E-state index contributed by atoms with van der Waals surface area (Å²) in [5, 5.41) is 14.1. The second-order valence-electron chi connectivity index (χ2n) is 15.0. The molecule has 2 aliphatic rings. The van der Waals surface area contributed by atoms with Gasteiger partial charge >= 0.3 is 0 Å². The van der Waals surface area contributed by atoms with Gasteiger partial charge in [0.25, 0.3) is 0 Å². The van der Waals surface area contributed by atoms with Gasteiger partial charge in [0.2, 0.25) is 5.91 Å². The number of halogens is 2. The first kappa shape index (κ1) is 34.7. The van der Waals surface area contributed by atoms with E-state index in [1.54, 1.807) is 6.07 Å². The molecular weight excluding hydrogens is 665 g/mol. The van der Waals surface area contributed by atoms with Gasteiger partial charge in [-0.15, -0.1) is 0 Å². The zero-order valence-corrected chi connectivity index (χ0v) is 30.2. The number of aromatic nitrogens is 3. The van der Waals surface area contributed by atoms with Gasteiger partial charge in [-0.2, -0.15) is 0 Å². The summed E-state index contributed by atoms with van der Waals surface area (Å²) < 4.78 is 2.46. The van der Waals surface area contributed by atoms with Gasteiger partial charge < -0.3 is 20.7 Å². The number of nitrogens with zero attached hydrogens (tertiary/aromatic N) is 3. The molecule has 3 aromatic carbocycles. The molecule has 3 unspecified atom stereocenters. The summed E-state index contributed by atoms with van der Waals surface area (Å²) in [6.07, 6.45) is 6.54. The third-order valence-corrected chi connectivity index (χ3v) is 11.5. The molecule has 7 rings (SSSR count). The summed E-state index contributed by atoms with van der Waals surface area (Å²) in [6.45, 7) is 6.18. The number of rotatable bonds is 11. The molecule has 260 valence electrons. The van der Waals surface area contributed by atoms with Crippen molar-refractivity contribution in [3.05, 3.63) is 106 Å². The van der Waals surface area contributed by atoms with Crippen LogP contribution in [0.4, 0.5) is 0 Å². The number of primary amides is 1. The third-order valence-electron chi connectivity index (χ3n) is 10.8. The molecule has 4 N–H and O–H groups in total. The lowest BCUT2D eigenvalue weighted by atomic mass is 9.57. The number of nitrogens with one attached hydrogen (secondary N) is 1. The summed E-state index contributed by atoms with van der Waals surface area (Å²) >= 11 is 12.4. The van der Waals surface area contributed by atoms with E-state index in [1.165, 1.54) is 32.1 Å². The summed E-state index contributed by atoms with van der Waals surface area (Å²) in [5.74, 6) is 2.77. The van der Waals surface area contributed by atoms with Crippen molar-refractivity contribution < 1.29 is 9.90 Å². The molecule has 7 nitrogen and oxygen atoms in total. The van der Waals surface area contributed by atoms with Crippen molar-refractivity contribution in [2.75, 3.05) is 0 Å². The lowest BCUT2D eigenvalue weighted by molar-refractivity contribution is -0.118. The van der Waals surface area contributed by atoms with Gasteiger partial charge in [-0.25, -0.2) is 4.98 Å². The maximum atomic E-state index is 12.2. The first-order chi connectivity index (χ1) is 24.1. The topological polar surface area (TPSA) is 106 Å². The SMILES string of the molecule is CC1CC2CC(C)CC(Cn3c(-c4ccc(-c5cccc(CO)n5)cc4)nc4cc(C(CC(N)=O)NCc5ccc(Cl)c(Cl)c5)ccc43)(C1)C2. The molecule has 2 aromatic heterocycles. The number of aliphatic hydroxyl groups excluding tert-OH is 1. The van der Waals surface area contributed by atoms with E-state index in [4.69, 9.17) is 33.9 Å². The summed E-state index contributed by atoms with van der Waals surface area (Å²) in [4.78, 5) is 22.2. The predicted molar refractivity (Wildman–Crippen MR) is 202 cm³/mol. The highest BCUT2D eigenvalue weighted by atomic mass is 35.5. The fraction of sp³-hybridized carbons (Fsp3) is 0.390. The van der Waals surface area contributed by atoms with Crippen LogP contribution in [0.3, 0.4) is 0 Å². The van der Waals surface area contributed by atoms with E-state index >= 15 is 0 Å². The first-order valence-electron chi connectivity index (χ1n) is 17.7. The second-order valence-corrected chi connectivity index (χ2v) is 15.8. The molecule has 9 heteroatoms. The number of carbonyl (C=O) groups is 1. The number of fused-ring (bicyclic) bond motifs is 3. The Labute approximate surface area is 304 Å². The molecule has 0 saturated heterocycles.